The predicted octanol–water partition coefficient (Wildman–Crippen LogP) is 4.50. The molecule has 1 aromatic carbocycles. The first-order valence-electron chi connectivity index (χ1n) is 7.33. The maximum atomic E-state index is 12.8. The van der Waals surface area contributed by atoms with Crippen molar-refractivity contribution in [2.24, 2.45) is 0 Å². The Labute approximate surface area is 146 Å². The molecule has 0 unspecified atom stereocenters. The topological polar surface area (TPSA) is 46.4 Å². The second-order valence-corrected chi connectivity index (χ2v) is 6.04. The van der Waals surface area contributed by atoms with Crippen molar-refractivity contribution in [2.75, 3.05) is 5.32 Å². The smallest absolute Gasteiger partial charge is 0.326 e. The number of fused-ring (bicyclic) bond motifs is 1. The van der Waals surface area contributed by atoms with Gasteiger partial charge in [-0.15, -0.1) is 0 Å². The molecule has 2 heterocycles. The Balaban J connectivity index is 1.81. The zero-order valence-corrected chi connectivity index (χ0v) is 13.8. The fraction of sp³-hybridized carbons (Fsp3) is 0.176. The maximum absolute atomic E-state index is 12.8. The van der Waals surface area contributed by atoms with E-state index in [0.717, 1.165) is 17.8 Å². The molecular formula is C17H13ClF3N3O. The van der Waals surface area contributed by atoms with Gasteiger partial charge in [-0.3, -0.25) is 4.79 Å². The van der Waals surface area contributed by atoms with Crippen molar-refractivity contribution in [3.05, 3.63) is 64.6 Å². The third-order valence-electron chi connectivity index (χ3n) is 3.56. The molecule has 0 aliphatic carbocycles. The molecule has 2 aromatic heterocycles. The summed E-state index contributed by atoms with van der Waals surface area (Å²) in [6.07, 6.45) is -2.32. The molecular weight excluding hydrogens is 355 g/mol. The van der Waals surface area contributed by atoms with E-state index in [1.165, 1.54) is 10.6 Å². The minimum Gasteiger partial charge on any atom is -0.326 e. The lowest BCUT2D eigenvalue weighted by molar-refractivity contribution is -0.137. The minimum atomic E-state index is -4.51. The van der Waals surface area contributed by atoms with E-state index in [9.17, 15) is 18.0 Å². The van der Waals surface area contributed by atoms with Gasteiger partial charge >= 0.3 is 6.18 Å². The van der Waals surface area contributed by atoms with Gasteiger partial charge in [-0.05, 0) is 25.1 Å². The van der Waals surface area contributed by atoms with Crippen LogP contribution in [0.15, 0.2) is 42.7 Å². The number of imidazole rings is 1. The van der Waals surface area contributed by atoms with Crippen molar-refractivity contribution in [2.45, 2.75) is 19.5 Å². The van der Waals surface area contributed by atoms with Gasteiger partial charge in [-0.1, -0.05) is 29.3 Å². The monoisotopic (exact) mass is 367 g/mol. The van der Waals surface area contributed by atoms with E-state index < -0.39 is 11.7 Å². The molecule has 0 atom stereocenters. The van der Waals surface area contributed by atoms with Crippen molar-refractivity contribution in [1.29, 1.82) is 0 Å². The molecule has 0 saturated carbocycles. The third kappa shape index (κ3) is 3.93. The van der Waals surface area contributed by atoms with E-state index in [4.69, 9.17) is 11.6 Å². The van der Waals surface area contributed by atoms with Crippen molar-refractivity contribution >= 4 is 28.8 Å². The molecule has 0 fully saturated rings. The molecule has 1 amide bonds. The Kier molecular flexibility index (Phi) is 4.43. The number of halogens is 4. The molecule has 25 heavy (non-hydrogen) atoms. The Hall–Kier alpha value is -2.54. The quantitative estimate of drug-likeness (QED) is 0.741. The van der Waals surface area contributed by atoms with E-state index in [1.807, 2.05) is 19.1 Å². The Morgan fingerprint density at radius 2 is 1.92 bits per heavy atom. The molecule has 0 aliphatic rings. The summed E-state index contributed by atoms with van der Waals surface area (Å²) in [4.78, 5) is 16.2. The lowest BCUT2D eigenvalue weighted by Gasteiger charge is -2.07. The highest BCUT2D eigenvalue weighted by Gasteiger charge is 2.31. The maximum Gasteiger partial charge on any atom is 0.417 e. The number of amides is 1. The van der Waals surface area contributed by atoms with E-state index in [0.29, 0.717) is 11.4 Å². The Morgan fingerprint density at radius 1 is 1.24 bits per heavy atom. The largest absolute Gasteiger partial charge is 0.417 e. The van der Waals surface area contributed by atoms with Crippen LogP contribution in [0.5, 0.6) is 0 Å². The number of carbonyl (C=O) groups is 1. The third-order valence-corrected chi connectivity index (χ3v) is 3.84. The molecule has 0 spiro atoms. The number of hydrogen-bond donors (Lipinski definition) is 1. The summed E-state index contributed by atoms with van der Waals surface area (Å²) in [7, 11) is 0. The molecule has 0 saturated heterocycles. The number of pyridine rings is 1. The molecule has 8 heteroatoms. The van der Waals surface area contributed by atoms with Gasteiger partial charge in [0.15, 0.2) is 5.65 Å². The number of anilines is 1. The molecule has 0 radical (unpaired) electrons. The highest BCUT2D eigenvalue weighted by Crippen LogP contribution is 2.32. The van der Waals surface area contributed by atoms with Gasteiger partial charge in [-0.25, -0.2) is 4.98 Å². The molecule has 3 rings (SSSR count). The lowest BCUT2D eigenvalue weighted by Crippen LogP contribution is -2.14. The van der Waals surface area contributed by atoms with Gasteiger partial charge in [0.1, 0.15) is 0 Å². The molecule has 0 bridgehead atoms. The van der Waals surface area contributed by atoms with Crippen LogP contribution in [0.2, 0.25) is 5.02 Å². The number of benzene rings is 1. The summed E-state index contributed by atoms with van der Waals surface area (Å²) in [5.41, 5.74) is 1.32. The van der Waals surface area contributed by atoms with Gasteiger partial charge < -0.3 is 9.72 Å². The van der Waals surface area contributed by atoms with Gasteiger partial charge in [0, 0.05) is 18.1 Å². The van der Waals surface area contributed by atoms with Crippen molar-refractivity contribution in [1.82, 2.24) is 9.38 Å². The van der Waals surface area contributed by atoms with Crippen LogP contribution < -0.4 is 5.32 Å². The van der Waals surface area contributed by atoms with Crippen LogP contribution in [-0.4, -0.2) is 15.3 Å². The molecule has 1 N–H and O–H groups in total. The minimum absolute atomic E-state index is 0.0762. The number of alkyl halides is 3. The van der Waals surface area contributed by atoms with Gasteiger partial charge in [0.2, 0.25) is 5.91 Å². The lowest BCUT2D eigenvalue weighted by atomic mass is 10.2. The molecule has 0 aliphatic heterocycles. The van der Waals surface area contributed by atoms with Gasteiger partial charge in [-0.2, -0.15) is 13.2 Å². The predicted molar refractivity (Wildman–Crippen MR) is 88.7 cm³/mol. The zero-order chi connectivity index (χ0) is 18.2. The Morgan fingerprint density at radius 3 is 2.56 bits per heavy atom. The summed E-state index contributed by atoms with van der Waals surface area (Å²) in [6, 6.07) is 8.07. The first-order chi connectivity index (χ1) is 11.7. The summed E-state index contributed by atoms with van der Waals surface area (Å²) >= 11 is 5.88. The number of rotatable bonds is 3. The normalized spacial score (nSPS) is 11.7. The second-order valence-electron chi connectivity index (χ2n) is 5.63. The first kappa shape index (κ1) is 17.3. The zero-order valence-electron chi connectivity index (χ0n) is 13.1. The number of aromatic nitrogens is 2. The standard InChI is InChI=1S/C17H13ClF3N3O/c1-10-2-4-12(5-3-10)22-15(25)7-13-9-24-8-11(17(19,20)21)6-14(18)16(24)23-13/h2-6,8-9H,7H2,1H3,(H,22,25). The molecule has 130 valence electrons. The fourth-order valence-electron chi connectivity index (χ4n) is 2.35. The number of hydrogen-bond acceptors (Lipinski definition) is 2. The summed E-state index contributed by atoms with van der Waals surface area (Å²) in [5.74, 6) is -0.320. The number of nitrogens with one attached hydrogen (secondary N) is 1. The second kappa shape index (κ2) is 6.40. The Bertz CT molecular complexity index is 933. The van der Waals surface area contributed by atoms with Crippen molar-refractivity contribution in [3.8, 4) is 0 Å². The van der Waals surface area contributed by atoms with E-state index >= 15 is 0 Å². The van der Waals surface area contributed by atoms with Crippen LogP contribution in [0.4, 0.5) is 18.9 Å². The van der Waals surface area contributed by atoms with Crippen LogP contribution in [-0.2, 0) is 17.4 Å². The number of aryl methyl sites for hydroxylation is 1. The first-order valence-corrected chi connectivity index (χ1v) is 7.71. The van der Waals surface area contributed by atoms with Crippen LogP contribution >= 0.6 is 11.6 Å². The fourth-order valence-corrected chi connectivity index (χ4v) is 2.61. The summed E-state index contributed by atoms with van der Waals surface area (Å²) < 4.78 is 39.7. The summed E-state index contributed by atoms with van der Waals surface area (Å²) in [5, 5.41) is 2.59. The van der Waals surface area contributed by atoms with E-state index in [-0.39, 0.29) is 23.0 Å². The SMILES string of the molecule is Cc1ccc(NC(=O)Cc2cn3cc(C(F)(F)F)cc(Cl)c3n2)cc1. The molecule has 4 nitrogen and oxygen atoms in total. The van der Waals surface area contributed by atoms with Crippen molar-refractivity contribution in [3.63, 3.8) is 0 Å². The van der Waals surface area contributed by atoms with E-state index in [2.05, 4.69) is 10.3 Å². The highest BCUT2D eigenvalue weighted by atomic mass is 35.5. The molecule has 3 aromatic rings. The highest BCUT2D eigenvalue weighted by molar-refractivity contribution is 6.33. The summed E-state index contributed by atoms with van der Waals surface area (Å²) in [6.45, 7) is 1.93. The van der Waals surface area contributed by atoms with Crippen LogP contribution in [0.25, 0.3) is 5.65 Å². The van der Waals surface area contributed by atoms with Crippen LogP contribution in [0.1, 0.15) is 16.8 Å². The van der Waals surface area contributed by atoms with Gasteiger partial charge in [0.25, 0.3) is 0 Å². The number of carbonyl (C=O) groups excluding carboxylic acids is 1. The average Bonchev–Trinajstić information content (AvgIpc) is 2.91. The number of nitrogens with zero attached hydrogens (tertiary/aromatic N) is 2. The van der Waals surface area contributed by atoms with Crippen LogP contribution in [0.3, 0.4) is 0 Å². The van der Waals surface area contributed by atoms with Crippen LogP contribution in [0, 0.1) is 6.92 Å². The van der Waals surface area contributed by atoms with Gasteiger partial charge in [0.05, 0.1) is 22.7 Å². The van der Waals surface area contributed by atoms with E-state index in [1.54, 1.807) is 12.1 Å². The average molecular weight is 368 g/mol. The van der Waals surface area contributed by atoms with Crippen molar-refractivity contribution < 1.29 is 18.0 Å².